The van der Waals surface area contributed by atoms with E-state index in [1.165, 1.54) is 0 Å². The van der Waals surface area contributed by atoms with Crippen molar-refractivity contribution in [2.45, 2.75) is 40.2 Å². The van der Waals surface area contributed by atoms with Gasteiger partial charge in [-0.3, -0.25) is 0 Å². The zero-order chi connectivity index (χ0) is 18.7. The first kappa shape index (κ1) is 18.4. The summed E-state index contributed by atoms with van der Waals surface area (Å²) in [4.78, 5) is 5.26. The largest absolute Gasteiger partial charge is 0.463 e. The minimum Gasteiger partial charge on any atom is -0.463 e. The third kappa shape index (κ3) is 4.05. The van der Waals surface area contributed by atoms with Gasteiger partial charge >= 0.3 is 0 Å². The summed E-state index contributed by atoms with van der Waals surface area (Å²) in [6.45, 7) is 7.24. The number of terminal acetylenes is 1. The number of halogens is 1. The van der Waals surface area contributed by atoms with Gasteiger partial charge in [0.05, 0.1) is 12.3 Å². The predicted octanol–water partition coefficient (Wildman–Crippen LogP) is 5.18. The van der Waals surface area contributed by atoms with E-state index in [1.807, 2.05) is 24.3 Å². The smallest absolute Gasteiger partial charge is 0.177 e. The molecule has 1 aliphatic carbocycles. The lowest BCUT2D eigenvalue weighted by atomic mass is 9.75. The van der Waals surface area contributed by atoms with E-state index < -0.39 is 0 Å². The molecule has 0 unspecified atom stereocenters. The molecule has 2 aromatic rings. The van der Waals surface area contributed by atoms with Gasteiger partial charge in [-0.1, -0.05) is 36.5 Å². The van der Waals surface area contributed by atoms with Gasteiger partial charge in [-0.05, 0) is 43.0 Å². The van der Waals surface area contributed by atoms with E-state index in [-0.39, 0.29) is 12.0 Å². The number of rotatable bonds is 5. The summed E-state index contributed by atoms with van der Waals surface area (Å²) in [6.07, 6.45) is 6.95. The van der Waals surface area contributed by atoms with Crippen LogP contribution in [0.25, 0.3) is 0 Å². The molecule has 1 heterocycles. The van der Waals surface area contributed by atoms with Gasteiger partial charge < -0.3 is 14.6 Å². The highest BCUT2D eigenvalue weighted by Gasteiger charge is 2.35. The minimum absolute atomic E-state index is 0.0660. The fourth-order valence-corrected chi connectivity index (χ4v) is 3.44. The Morgan fingerprint density at radius 1 is 1.31 bits per heavy atom. The molecule has 0 radical (unpaired) electrons. The number of nitrogens with zero attached hydrogens (tertiary/aromatic N) is 1. The standard InChI is InChI=1S/C21H23ClN2O2/c1-5-10-25-24-17-11-21(3,4)12-18-20(17)14(2)19(26-18)13-23-16-8-6-15(22)7-9-16/h1,6-9,23H,10-13H2,2-4H3/b24-17+. The van der Waals surface area contributed by atoms with Gasteiger partial charge in [0.1, 0.15) is 11.5 Å². The predicted molar refractivity (Wildman–Crippen MR) is 106 cm³/mol. The van der Waals surface area contributed by atoms with Crippen molar-refractivity contribution in [1.29, 1.82) is 0 Å². The summed E-state index contributed by atoms with van der Waals surface area (Å²) in [5.41, 5.74) is 4.13. The molecule has 5 heteroatoms. The number of benzene rings is 1. The Bertz CT molecular complexity index is 857. The molecule has 0 saturated heterocycles. The highest BCUT2D eigenvalue weighted by atomic mass is 35.5. The fourth-order valence-electron chi connectivity index (χ4n) is 3.31. The van der Waals surface area contributed by atoms with E-state index in [4.69, 9.17) is 27.3 Å². The van der Waals surface area contributed by atoms with Crippen molar-refractivity contribution in [1.82, 2.24) is 0 Å². The second-order valence-electron chi connectivity index (χ2n) is 7.34. The fraction of sp³-hybridized carbons (Fsp3) is 0.381. The minimum atomic E-state index is 0.0660. The molecule has 0 bridgehead atoms. The van der Waals surface area contributed by atoms with Crippen LogP contribution in [0.5, 0.6) is 0 Å². The maximum absolute atomic E-state index is 6.19. The molecule has 3 rings (SSSR count). The normalized spacial score (nSPS) is 16.8. The Morgan fingerprint density at radius 3 is 2.73 bits per heavy atom. The number of anilines is 1. The summed E-state index contributed by atoms with van der Waals surface area (Å²) < 4.78 is 6.19. The van der Waals surface area contributed by atoms with Crippen molar-refractivity contribution in [3.8, 4) is 12.3 Å². The van der Waals surface area contributed by atoms with Crippen molar-refractivity contribution in [3.63, 3.8) is 0 Å². The molecule has 0 aliphatic heterocycles. The van der Waals surface area contributed by atoms with Crippen LogP contribution in [0.15, 0.2) is 33.8 Å². The van der Waals surface area contributed by atoms with E-state index in [9.17, 15) is 0 Å². The Hall–Kier alpha value is -2.38. The van der Waals surface area contributed by atoms with Gasteiger partial charge in [-0.15, -0.1) is 6.42 Å². The van der Waals surface area contributed by atoms with E-state index >= 15 is 0 Å². The lowest BCUT2D eigenvalue weighted by Gasteiger charge is -2.29. The molecule has 0 spiro atoms. The van der Waals surface area contributed by atoms with Crippen LogP contribution in [0.3, 0.4) is 0 Å². The molecule has 26 heavy (non-hydrogen) atoms. The van der Waals surface area contributed by atoms with E-state index in [0.717, 1.165) is 51.9 Å². The molecule has 0 atom stereocenters. The second kappa shape index (κ2) is 7.47. The van der Waals surface area contributed by atoms with Crippen LogP contribution in [0, 0.1) is 24.7 Å². The quantitative estimate of drug-likeness (QED) is 0.448. The molecule has 0 fully saturated rings. The monoisotopic (exact) mass is 370 g/mol. The van der Waals surface area contributed by atoms with Crippen molar-refractivity contribution in [2.24, 2.45) is 10.6 Å². The summed E-state index contributed by atoms with van der Waals surface area (Å²) in [7, 11) is 0. The number of furan rings is 1. The molecule has 136 valence electrons. The molecule has 0 amide bonds. The number of hydrogen-bond donors (Lipinski definition) is 1. The van der Waals surface area contributed by atoms with Crippen LogP contribution in [-0.2, 0) is 17.8 Å². The average Bonchev–Trinajstić information content (AvgIpc) is 2.89. The molecule has 1 N–H and O–H groups in total. The third-order valence-electron chi connectivity index (χ3n) is 4.51. The molecule has 4 nitrogen and oxygen atoms in total. The lowest BCUT2D eigenvalue weighted by Crippen LogP contribution is -2.27. The van der Waals surface area contributed by atoms with Crippen LogP contribution in [0.4, 0.5) is 5.69 Å². The first-order valence-electron chi connectivity index (χ1n) is 8.63. The Morgan fingerprint density at radius 2 is 2.04 bits per heavy atom. The van der Waals surface area contributed by atoms with Gasteiger partial charge in [0.15, 0.2) is 6.61 Å². The van der Waals surface area contributed by atoms with Crippen molar-refractivity contribution in [3.05, 3.63) is 51.9 Å². The highest BCUT2D eigenvalue weighted by molar-refractivity contribution is 6.30. The topological polar surface area (TPSA) is 46.8 Å². The van der Waals surface area contributed by atoms with Gasteiger partial charge in [0.25, 0.3) is 0 Å². The van der Waals surface area contributed by atoms with E-state index in [1.54, 1.807) is 0 Å². The van der Waals surface area contributed by atoms with Crippen LogP contribution < -0.4 is 5.32 Å². The number of oxime groups is 1. The molecule has 1 aromatic carbocycles. The maximum atomic E-state index is 6.19. The summed E-state index contributed by atoms with van der Waals surface area (Å²) in [5, 5.41) is 8.38. The van der Waals surface area contributed by atoms with Crippen molar-refractivity contribution < 1.29 is 9.25 Å². The highest BCUT2D eigenvalue weighted by Crippen LogP contribution is 2.39. The third-order valence-corrected chi connectivity index (χ3v) is 4.76. The average molecular weight is 371 g/mol. The number of hydrogen-bond acceptors (Lipinski definition) is 4. The van der Waals surface area contributed by atoms with Crippen LogP contribution in [0.1, 0.15) is 42.9 Å². The van der Waals surface area contributed by atoms with E-state index in [2.05, 4.69) is 37.2 Å². The first-order chi connectivity index (χ1) is 12.4. The number of nitrogens with one attached hydrogen (secondary N) is 1. The van der Waals surface area contributed by atoms with Crippen molar-refractivity contribution in [2.75, 3.05) is 11.9 Å². The summed E-state index contributed by atoms with van der Waals surface area (Å²) in [6, 6.07) is 7.62. The second-order valence-corrected chi connectivity index (χ2v) is 7.78. The zero-order valence-corrected chi connectivity index (χ0v) is 16.1. The molecular weight excluding hydrogens is 348 g/mol. The Labute approximate surface area is 159 Å². The molecule has 1 aliphatic rings. The first-order valence-corrected chi connectivity index (χ1v) is 9.00. The zero-order valence-electron chi connectivity index (χ0n) is 15.4. The van der Waals surface area contributed by atoms with Gasteiger partial charge in [0, 0.05) is 28.3 Å². The van der Waals surface area contributed by atoms with E-state index in [0.29, 0.717) is 6.54 Å². The molecule has 1 aromatic heterocycles. The van der Waals surface area contributed by atoms with Crippen molar-refractivity contribution >= 4 is 23.0 Å². The summed E-state index contributed by atoms with van der Waals surface area (Å²) in [5.74, 6) is 4.32. The summed E-state index contributed by atoms with van der Waals surface area (Å²) >= 11 is 5.93. The van der Waals surface area contributed by atoms with Crippen LogP contribution in [-0.4, -0.2) is 12.3 Å². The number of fused-ring (bicyclic) bond motifs is 1. The van der Waals surface area contributed by atoms with Gasteiger partial charge in [-0.25, -0.2) is 0 Å². The van der Waals surface area contributed by atoms with Crippen LogP contribution >= 0.6 is 11.6 Å². The Kier molecular flexibility index (Phi) is 5.29. The van der Waals surface area contributed by atoms with Crippen LogP contribution in [0.2, 0.25) is 5.02 Å². The maximum Gasteiger partial charge on any atom is 0.177 e. The van der Waals surface area contributed by atoms with Gasteiger partial charge in [0.2, 0.25) is 0 Å². The van der Waals surface area contributed by atoms with Gasteiger partial charge in [-0.2, -0.15) is 0 Å². The molecule has 0 saturated carbocycles. The lowest BCUT2D eigenvalue weighted by molar-refractivity contribution is 0.176. The SMILES string of the molecule is C#CCO/N=C1\CC(C)(C)Cc2oc(CNc3ccc(Cl)cc3)c(C)c21. The molecular formula is C21H23ClN2O2. The Balaban J connectivity index is 1.85.